The molecule has 1 aromatic rings. The molecule has 70 valence electrons. The van der Waals surface area contributed by atoms with Gasteiger partial charge in [-0.25, -0.2) is 0 Å². The molecule has 0 amide bonds. The molecule has 2 heteroatoms. The van der Waals surface area contributed by atoms with Gasteiger partial charge in [-0.2, -0.15) is 0 Å². The average molecular weight is 176 g/mol. The molecule has 13 heavy (non-hydrogen) atoms. The smallest absolute Gasteiger partial charge is 0.0327 e. The van der Waals surface area contributed by atoms with E-state index in [2.05, 4.69) is 18.0 Å². The van der Waals surface area contributed by atoms with Crippen LogP contribution in [0, 0.1) is 12.8 Å². The van der Waals surface area contributed by atoms with E-state index in [1.54, 1.807) is 0 Å². The third-order valence-corrected chi connectivity index (χ3v) is 3.08. The zero-order chi connectivity index (χ0) is 9.26. The van der Waals surface area contributed by atoms with E-state index in [1.807, 2.05) is 12.4 Å². The molecular formula is C11H16N2. The van der Waals surface area contributed by atoms with Crippen molar-refractivity contribution in [1.82, 2.24) is 4.98 Å². The number of pyridine rings is 1. The van der Waals surface area contributed by atoms with Gasteiger partial charge in [0.1, 0.15) is 0 Å². The SMILES string of the molecule is Cc1cnccc1C(N)C1CCC1. The predicted octanol–water partition coefficient (Wildman–Crippen LogP) is 2.19. The molecule has 0 aromatic carbocycles. The van der Waals surface area contributed by atoms with E-state index in [1.165, 1.54) is 30.4 Å². The molecule has 1 aromatic heterocycles. The Labute approximate surface area is 79.2 Å². The van der Waals surface area contributed by atoms with Gasteiger partial charge in [0.05, 0.1) is 0 Å². The number of hydrogen-bond donors (Lipinski definition) is 1. The first-order valence-electron chi connectivity index (χ1n) is 4.95. The van der Waals surface area contributed by atoms with Gasteiger partial charge in [-0.15, -0.1) is 0 Å². The van der Waals surface area contributed by atoms with Gasteiger partial charge < -0.3 is 5.73 Å². The topological polar surface area (TPSA) is 38.9 Å². The maximum Gasteiger partial charge on any atom is 0.0327 e. The fraction of sp³-hybridized carbons (Fsp3) is 0.545. The van der Waals surface area contributed by atoms with Crippen molar-refractivity contribution in [2.45, 2.75) is 32.2 Å². The van der Waals surface area contributed by atoms with Crippen molar-refractivity contribution in [1.29, 1.82) is 0 Å². The summed E-state index contributed by atoms with van der Waals surface area (Å²) in [6.45, 7) is 2.08. The van der Waals surface area contributed by atoms with Gasteiger partial charge in [-0.3, -0.25) is 4.98 Å². The molecule has 1 atom stereocenters. The second-order valence-corrected chi connectivity index (χ2v) is 3.95. The minimum atomic E-state index is 0.233. The van der Waals surface area contributed by atoms with Crippen LogP contribution in [0.1, 0.15) is 36.4 Å². The van der Waals surface area contributed by atoms with E-state index >= 15 is 0 Å². The molecule has 1 unspecified atom stereocenters. The van der Waals surface area contributed by atoms with Crippen molar-refractivity contribution < 1.29 is 0 Å². The first-order chi connectivity index (χ1) is 6.29. The lowest BCUT2D eigenvalue weighted by atomic mass is 9.77. The summed E-state index contributed by atoms with van der Waals surface area (Å²) in [6.07, 6.45) is 7.67. The van der Waals surface area contributed by atoms with Crippen molar-refractivity contribution in [2.75, 3.05) is 0 Å². The van der Waals surface area contributed by atoms with E-state index in [0.717, 1.165) is 0 Å². The number of hydrogen-bond acceptors (Lipinski definition) is 2. The highest BCUT2D eigenvalue weighted by Gasteiger charge is 2.26. The van der Waals surface area contributed by atoms with Crippen LogP contribution in [0.3, 0.4) is 0 Å². The Balaban J connectivity index is 2.18. The molecule has 0 saturated heterocycles. The van der Waals surface area contributed by atoms with Gasteiger partial charge in [-0.1, -0.05) is 6.42 Å². The average Bonchev–Trinajstić information content (AvgIpc) is 2.01. The van der Waals surface area contributed by atoms with E-state index < -0.39 is 0 Å². The van der Waals surface area contributed by atoms with E-state index in [9.17, 15) is 0 Å². The Morgan fingerprint density at radius 2 is 2.31 bits per heavy atom. The highest BCUT2D eigenvalue weighted by molar-refractivity contribution is 5.25. The number of nitrogens with two attached hydrogens (primary N) is 1. The third kappa shape index (κ3) is 1.59. The molecule has 1 aliphatic rings. The Kier molecular flexibility index (Phi) is 2.32. The van der Waals surface area contributed by atoms with Crippen molar-refractivity contribution >= 4 is 0 Å². The monoisotopic (exact) mass is 176 g/mol. The summed E-state index contributed by atoms with van der Waals surface area (Å²) < 4.78 is 0. The predicted molar refractivity (Wildman–Crippen MR) is 53.2 cm³/mol. The van der Waals surface area contributed by atoms with Crippen LogP contribution in [0.4, 0.5) is 0 Å². The maximum atomic E-state index is 6.17. The Hall–Kier alpha value is -0.890. The molecule has 0 radical (unpaired) electrons. The fourth-order valence-corrected chi connectivity index (χ4v) is 1.91. The number of nitrogens with zero attached hydrogens (tertiary/aromatic N) is 1. The van der Waals surface area contributed by atoms with Gasteiger partial charge in [0.25, 0.3) is 0 Å². The van der Waals surface area contributed by atoms with Crippen molar-refractivity contribution in [2.24, 2.45) is 11.7 Å². The second kappa shape index (κ2) is 3.46. The minimum Gasteiger partial charge on any atom is -0.324 e. The first kappa shape index (κ1) is 8.70. The van der Waals surface area contributed by atoms with E-state index in [-0.39, 0.29) is 6.04 Å². The number of aryl methyl sites for hydroxylation is 1. The lowest BCUT2D eigenvalue weighted by Gasteiger charge is -2.32. The minimum absolute atomic E-state index is 0.233. The Morgan fingerprint density at radius 1 is 1.54 bits per heavy atom. The fourth-order valence-electron chi connectivity index (χ4n) is 1.91. The molecule has 1 heterocycles. The lowest BCUT2D eigenvalue weighted by molar-refractivity contribution is 0.264. The van der Waals surface area contributed by atoms with Crippen LogP contribution in [0.15, 0.2) is 18.5 Å². The molecule has 1 saturated carbocycles. The standard InChI is InChI=1S/C11H16N2/c1-8-7-13-6-5-10(8)11(12)9-3-2-4-9/h5-7,9,11H,2-4,12H2,1H3. The zero-order valence-corrected chi connectivity index (χ0v) is 8.03. The van der Waals surface area contributed by atoms with Gasteiger partial charge in [-0.05, 0) is 42.9 Å². The highest BCUT2D eigenvalue weighted by atomic mass is 14.7. The van der Waals surface area contributed by atoms with Crippen molar-refractivity contribution in [3.05, 3.63) is 29.6 Å². The lowest BCUT2D eigenvalue weighted by Crippen LogP contribution is -2.27. The van der Waals surface area contributed by atoms with Crippen LogP contribution in [0.25, 0.3) is 0 Å². The Bertz CT molecular complexity index is 292. The summed E-state index contributed by atoms with van der Waals surface area (Å²) in [5, 5.41) is 0. The van der Waals surface area contributed by atoms with Crippen molar-refractivity contribution in [3.8, 4) is 0 Å². The van der Waals surface area contributed by atoms with Crippen molar-refractivity contribution in [3.63, 3.8) is 0 Å². The molecule has 2 rings (SSSR count). The van der Waals surface area contributed by atoms with Crippen LogP contribution < -0.4 is 5.73 Å². The third-order valence-electron chi connectivity index (χ3n) is 3.08. The summed E-state index contributed by atoms with van der Waals surface area (Å²) in [7, 11) is 0. The molecule has 0 bridgehead atoms. The summed E-state index contributed by atoms with van der Waals surface area (Å²) in [4.78, 5) is 4.07. The summed E-state index contributed by atoms with van der Waals surface area (Å²) in [6, 6.07) is 2.29. The largest absolute Gasteiger partial charge is 0.324 e. The van der Waals surface area contributed by atoms with Gasteiger partial charge >= 0.3 is 0 Å². The molecule has 0 aliphatic heterocycles. The molecular weight excluding hydrogens is 160 g/mol. The summed E-state index contributed by atoms with van der Waals surface area (Å²) in [5.41, 5.74) is 8.67. The van der Waals surface area contributed by atoms with Crippen LogP contribution in [0.2, 0.25) is 0 Å². The van der Waals surface area contributed by atoms with Gasteiger partial charge in [0.2, 0.25) is 0 Å². The van der Waals surface area contributed by atoms with Crippen LogP contribution in [-0.2, 0) is 0 Å². The molecule has 0 spiro atoms. The Morgan fingerprint density at radius 3 is 2.85 bits per heavy atom. The first-order valence-corrected chi connectivity index (χ1v) is 4.95. The van der Waals surface area contributed by atoms with Gasteiger partial charge in [0, 0.05) is 18.4 Å². The molecule has 1 aliphatic carbocycles. The quantitative estimate of drug-likeness (QED) is 0.750. The summed E-state index contributed by atoms with van der Waals surface area (Å²) in [5.74, 6) is 0.709. The zero-order valence-electron chi connectivity index (χ0n) is 8.03. The number of aromatic nitrogens is 1. The summed E-state index contributed by atoms with van der Waals surface area (Å²) >= 11 is 0. The van der Waals surface area contributed by atoms with Crippen LogP contribution >= 0.6 is 0 Å². The van der Waals surface area contributed by atoms with E-state index in [4.69, 9.17) is 5.73 Å². The normalized spacial score (nSPS) is 19.5. The highest BCUT2D eigenvalue weighted by Crippen LogP contribution is 2.36. The second-order valence-electron chi connectivity index (χ2n) is 3.95. The molecule has 2 N–H and O–H groups in total. The molecule has 2 nitrogen and oxygen atoms in total. The van der Waals surface area contributed by atoms with Crippen LogP contribution in [0.5, 0.6) is 0 Å². The molecule has 1 fully saturated rings. The van der Waals surface area contributed by atoms with E-state index in [0.29, 0.717) is 5.92 Å². The van der Waals surface area contributed by atoms with Crippen LogP contribution in [-0.4, -0.2) is 4.98 Å². The maximum absolute atomic E-state index is 6.17. The number of rotatable bonds is 2. The van der Waals surface area contributed by atoms with Gasteiger partial charge in [0.15, 0.2) is 0 Å².